The highest BCUT2D eigenvalue weighted by Crippen LogP contribution is 2.29. The molecule has 1 heterocycles. The predicted molar refractivity (Wildman–Crippen MR) is 96.0 cm³/mol. The number of hydrogen-bond acceptors (Lipinski definition) is 5. The summed E-state index contributed by atoms with van der Waals surface area (Å²) in [7, 11) is 0. The second-order valence-electron chi connectivity index (χ2n) is 6.48. The van der Waals surface area contributed by atoms with E-state index in [0.717, 1.165) is 6.07 Å². The van der Waals surface area contributed by atoms with Crippen LogP contribution in [0.5, 0.6) is 0 Å². The van der Waals surface area contributed by atoms with E-state index in [1.807, 2.05) is 0 Å². The molecule has 0 saturated heterocycles. The molecule has 11 heteroatoms. The molecule has 5 N–H and O–H groups in total. The first-order valence-electron chi connectivity index (χ1n) is 8.53. The van der Waals surface area contributed by atoms with Crippen LogP contribution in [0, 0.1) is 0 Å². The van der Waals surface area contributed by atoms with Crippen molar-refractivity contribution < 1.29 is 38.3 Å². The van der Waals surface area contributed by atoms with E-state index >= 15 is 0 Å². The van der Waals surface area contributed by atoms with Crippen molar-refractivity contribution in [1.82, 2.24) is 0 Å². The lowest BCUT2D eigenvalue weighted by Crippen LogP contribution is -3.12. The van der Waals surface area contributed by atoms with Crippen molar-refractivity contribution in [2.24, 2.45) is 0 Å². The van der Waals surface area contributed by atoms with Crippen LogP contribution in [0.3, 0.4) is 0 Å². The van der Waals surface area contributed by atoms with Gasteiger partial charge in [0.25, 0.3) is 0 Å². The molecule has 0 bridgehead atoms. The number of fused-ring (bicyclic) bond motifs is 2. The van der Waals surface area contributed by atoms with Crippen LogP contribution in [0.25, 0.3) is 0 Å². The van der Waals surface area contributed by atoms with E-state index < -0.39 is 17.3 Å². The Morgan fingerprint density at radius 2 is 1.62 bits per heavy atom. The van der Waals surface area contributed by atoms with Gasteiger partial charge in [0, 0.05) is 29.9 Å². The summed E-state index contributed by atoms with van der Waals surface area (Å²) in [5.74, 6) is -2.46. The Kier molecular flexibility index (Phi) is 5.46. The van der Waals surface area contributed by atoms with Crippen LogP contribution in [0.2, 0.25) is 0 Å². The Morgan fingerprint density at radius 1 is 1.03 bits per heavy atom. The van der Waals surface area contributed by atoms with Crippen molar-refractivity contribution in [2.75, 3.05) is 15.8 Å². The summed E-state index contributed by atoms with van der Waals surface area (Å²) >= 11 is 0. The molecule has 2 aromatic carbocycles. The number of nitrogens with zero attached hydrogens (tertiary/aromatic N) is 1. The minimum Gasteiger partial charge on any atom is -0.326 e. The highest BCUT2D eigenvalue weighted by Gasteiger charge is 2.39. The zero-order valence-corrected chi connectivity index (χ0v) is 15.2. The van der Waals surface area contributed by atoms with Gasteiger partial charge in [-0.15, -0.1) is 0 Å². The maximum Gasteiger partial charge on any atom is 0.471 e. The van der Waals surface area contributed by atoms with E-state index in [0.29, 0.717) is 34.8 Å². The van der Waals surface area contributed by atoms with Crippen LogP contribution in [-0.2, 0) is 22.4 Å². The molecule has 8 nitrogen and oxygen atoms in total. The molecule has 1 atom stereocenters. The molecular weight excluding hydrogens is 393 g/mol. The van der Waals surface area contributed by atoms with Gasteiger partial charge in [-0.3, -0.25) is 9.59 Å². The first-order chi connectivity index (χ1) is 13.6. The normalized spacial score (nSPS) is 16.2. The molecule has 1 aliphatic rings. The summed E-state index contributed by atoms with van der Waals surface area (Å²) in [6.45, 7) is 1.33. The maximum atomic E-state index is 12.5. The lowest BCUT2D eigenvalue weighted by Gasteiger charge is -2.26. The molecular formula is C18H18F3N4O4+. The van der Waals surface area contributed by atoms with E-state index in [2.05, 4.69) is 5.32 Å². The van der Waals surface area contributed by atoms with E-state index in [1.54, 1.807) is 17.4 Å². The fraction of sp³-hybridized carbons (Fsp3) is 0.222. The molecule has 1 unspecified atom stereocenters. The van der Waals surface area contributed by atoms with Crippen LogP contribution < -0.4 is 21.0 Å². The van der Waals surface area contributed by atoms with Gasteiger partial charge < -0.3 is 10.6 Å². The van der Waals surface area contributed by atoms with E-state index in [1.165, 1.54) is 25.1 Å². The lowest BCUT2D eigenvalue weighted by molar-refractivity contribution is -1.06. The van der Waals surface area contributed by atoms with Crippen molar-refractivity contribution in [3.63, 3.8) is 0 Å². The standard InChI is InChI=1S/C18H17F3N4O4/c1-10(26)22-13-6-4-11-2-3-12-5-7-14(23-17(27)18(19,20)21)9-16(12)25(29)24(28)15(11)8-13/h4-9,28-29H,2-3H2,1H3,(H,22,26)(H,23,27)/p+1. The fourth-order valence-electron chi connectivity index (χ4n) is 3.03. The lowest BCUT2D eigenvalue weighted by atomic mass is 9.99. The van der Waals surface area contributed by atoms with Gasteiger partial charge in [-0.1, -0.05) is 17.3 Å². The zero-order valence-electron chi connectivity index (χ0n) is 15.2. The number of benzene rings is 2. The number of rotatable bonds is 2. The quantitative estimate of drug-likeness (QED) is 0.520. The average Bonchev–Trinajstić information content (AvgIpc) is 2.64. The smallest absolute Gasteiger partial charge is 0.326 e. The summed E-state index contributed by atoms with van der Waals surface area (Å²) in [5.41, 5.74) is 1.76. The number of amides is 2. The van der Waals surface area contributed by atoms with Crippen LogP contribution >= 0.6 is 0 Å². The van der Waals surface area contributed by atoms with Gasteiger partial charge in [0.15, 0.2) is 5.69 Å². The molecule has 0 fully saturated rings. The molecule has 29 heavy (non-hydrogen) atoms. The zero-order chi connectivity index (χ0) is 21.3. The minimum absolute atomic E-state index is 0.0260. The van der Waals surface area contributed by atoms with Crippen LogP contribution in [-0.4, -0.2) is 28.4 Å². The summed E-state index contributed by atoms with van der Waals surface area (Å²) < 4.78 is 37.4. The van der Waals surface area contributed by atoms with Crippen molar-refractivity contribution in [3.8, 4) is 0 Å². The summed E-state index contributed by atoms with van der Waals surface area (Å²) in [6.07, 6.45) is -4.18. The third-order valence-electron chi connectivity index (χ3n) is 4.36. The molecule has 2 aromatic rings. The van der Waals surface area contributed by atoms with E-state index in [-0.39, 0.29) is 23.0 Å². The third-order valence-corrected chi connectivity index (χ3v) is 4.36. The molecule has 3 rings (SSSR count). The highest BCUT2D eigenvalue weighted by molar-refractivity contribution is 5.95. The molecule has 1 aliphatic heterocycles. The fourth-order valence-corrected chi connectivity index (χ4v) is 3.03. The monoisotopic (exact) mass is 411 g/mol. The molecule has 2 amide bonds. The molecule has 0 radical (unpaired) electrons. The van der Waals surface area contributed by atoms with E-state index in [9.17, 15) is 33.2 Å². The Balaban J connectivity index is 1.94. The van der Waals surface area contributed by atoms with Crippen molar-refractivity contribution in [2.45, 2.75) is 25.9 Å². The Morgan fingerprint density at radius 3 is 2.24 bits per heavy atom. The van der Waals surface area contributed by atoms with Gasteiger partial charge >= 0.3 is 12.1 Å². The molecule has 0 saturated carbocycles. The van der Waals surface area contributed by atoms with Gasteiger partial charge in [0.1, 0.15) is 5.69 Å². The highest BCUT2D eigenvalue weighted by atomic mass is 19.4. The maximum absolute atomic E-state index is 12.5. The minimum atomic E-state index is -5.06. The summed E-state index contributed by atoms with van der Waals surface area (Å²) in [5, 5.41) is 25.2. The Labute approximate surface area is 163 Å². The van der Waals surface area contributed by atoms with Crippen LogP contribution in [0.15, 0.2) is 36.4 Å². The third kappa shape index (κ3) is 4.47. The van der Waals surface area contributed by atoms with Gasteiger partial charge in [-0.2, -0.15) is 18.4 Å². The predicted octanol–water partition coefficient (Wildman–Crippen LogP) is 1.96. The van der Waals surface area contributed by atoms with Gasteiger partial charge in [0.2, 0.25) is 5.91 Å². The topological polar surface area (TPSA) is 106 Å². The van der Waals surface area contributed by atoms with Gasteiger partial charge in [-0.25, -0.2) is 5.21 Å². The second-order valence-corrected chi connectivity index (χ2v) is 6.48. The number of quaternary nitrogens is 1. The number of nitrogens with one attached hydrogen (secondary N) is 3. The second kappa shape index (κ2) is 7.70. The Bertz CT molecular complexity index is 965. The molecule has 0 aromatic heterocycles. The van der Waals surface area contributed by atoms with Crippen molar-refractivity contribution >= 4 is 34.6 Å². The summed E-state index contributed by atoms with van der Waals surface area (Å²) in [6, 6.07) is 8.73. The Hall–Kier alpha value is -3.15. The van der Waals surface area contributed by atoms with Crippen molar-refractivity contribution in [3.05, 3.63) is 47.5 Å². The van der Waals surface area contributed by atoms with Gasteiger partial charge in [0.05, 0.1) is 0 Å². The average molecular weight is 411 g/mol. The SMILES string of the molecule is CC(=O)Nc1ccc2c(c1)[NH+](O)N(O)c1cc(NC(=O)C(F)(F)F)ccc1CC2. The summed E-state index contributed by atoms with van der Waals surface area (Å²) in [4.78, 5) is 22.4. The largest absolute Gasteiger partial charge is 0.471 e. The van der Waals surface area contributed by atoms with Crippen LogP contribution in [0.4, 0.5) is 35.9 Å². The first kappa shape index (κ1) is 20.6. The first-order valence-corrected chi connectivity index (χ1v) is 8.53. The number of anilines is 3. The molecule has 154 valence electrons. The van der Waals surface area contributed by atoms with Crippen LogP contribution in [0.1, 0.15) is 18.1 Å². The van der Waals surface area contributed by atoms with E-state index in [4.69, 9.17) is 0 Å². The molecule has 0 aliphatic carbocycles. The number of carbonyl (C=O) groups excluding carboxylic acids is 2. The van der Waals surface area contributed by atoms with Crippen molar-refractivity contribution in [1.29, 1.82) is 0 Å². The number of hydrogen-bond donors (Lipinski definition) is 5. The molecule has 0 spiro atoms. The number of halogens is 3. The number of aryl methyl sites for hydroxylation is 2. The number of alkyl halides is 3. The van der Waals surface area contributed by atoms with Gasteiger partial charge in [-0.05, 0) is 41.8 Å². The number of carbonyl (C=O) groups is 2.